The maximum absolute atomic E-state index is 12.5. The van der Waals surface area contributed by atoms with Gasteiger partial charge in [-0.25, -0.2) is 4.79 Å². The maximum Gasteiger partial charge on any atom is 0.415 e. The van der Waals surface area contributed by atoms with E-state index < -0.39 is 5.60 Å². The van der Waals surface area contributed by atoms with Gasteiger partial charge in [0.25, 0.3) is 0 Å². The fraction of sp³-hybridized carbons (Fsp3) is 0.562. The number of nitrogens with zero attached hydrogens (tertiary/aromatic N) is 1. The van der Waals surface area contributed by atoms with E-state index >= 15 is 0 Å². The van der Waals surface area contributed by atoms with Crippen molar-refractivity contribution in [1.29, 1.82) is 0 Å². The summed E-state index contributed by atoms with van der Waals surface area (Å²) in [7, 11) is 0. The van der Waals surface area contributed by atoms with Gasteiger partial charge in [0.05, 0.1) is 5.69 Å². The zero-order valence-corrected chi connectivity index (χ0v) is 13.5. The fourth-order valence-electron chi connectivity index (χ4n) is 2.64. The number of ether oxygens (including phenoxy) is 1. The number of benzene rings is 1. The van der Waals surface area contributed by atoms with Gasteiger partial charge in [0.2, 0.25) is 0 Å². The van der Waals surface area contributed by atoms with Crippen LogP contribution in [0.2, 0.25) is 5.02 Å². The number of carbonyl (C=O) groups is 1. The molecule has 0 unspecified atom stereocenters. The first-order valence-corrected chi connectivity index (χ1v) is 7.38. The van der Waals surface area contributed by atoms with Crippen molar-refractivity contribution in [3.63, 3.8) is 0 Å². The molecule has 0 aliphatic carbocycles. The lowest BCUT2D eigenvalue weighted by Crippen LogP contribution is -2.45. The van der Waals surface area contributed by atoms with Crippen LogP contribution in [0.4, 0.5) is 10.5 Å². The van der Waals surface area contributed by atoms with Crippen molar-refractivity contribution in [2.75, 3.05) is 4.90 Å². The Morgan fingerprint density at radius 3 is 2.65 bits per heavy atom. The molecule has 0 saturated heterocycles. The second-order valence-corrected chi connectivity index (χ2v) is 6.90. The summed E-state index contributed by atoms with van der Waals surface area (Å²) in [4.78, 5) is 14.3. The predicted molar refractivity (Wildman–Crippen MR) is 82.7 cm³/mol. The third-order valence-corrected chi connectivity index (χ3v) is 3.67. The lowest BCUT2D eigenvalue weighted by Gasteiger charge is -2.37. The number of hydrogen-bond acceptors (Lipinski definition) is 2. The molecule has 0 bridgehead atoms. The molecule has 1 amide bonds. The monoisotopic (exact) mass is 295 g/mol. The van der Waals surface area contributed by atoms with Crippen LogP contribution in [-0.2, 0) is 11.2 Å². The molecule has 3 nitrogen and oxygen atoms in total. The summed E-state index contributed by atoms with van der Waals surface area (Å²) in [5.41, 5.74) is 2.61. The number of rotatable bonds is 0. The van der Waals surface area contributed by atoms with E-state index in [1.807, 2.05) is 39.8 Å². The molecule has 0 radical (unpaired) electrons. The van der Waals surface area contributed by atoms with Gasteiger partial charge >= 0.3 is 6.09 Å². The molecule has 20 heavy (non-hydrogen) atoms. The second kappa shape index (κ2) is 5.28. The van der Waals surface area contributed by atoms with Crippen LogP contribution in [0.1, 0.15) is 45.2 Å². The van der Waals surface area contributed by atoms with Crippen LogP contribution in [0.25, 0.3) is 0 Å². The number of carbonyl (C=O) groups excluding carboxylic acids is 1. The summed E-state index contributed by atoms with van der Waals surface area (Å²) in [6, 6.07) is 3.99. The Bertz CT molecular complexity index is 534. The maximum atomic E-state index is 12.5. The number of fused-ring (bicyclic) bond motifs is 1. The van der Waals surface area contributed by atoms with Gasteiger partial charge in [-0.3, -0.25) is 4.90 Å². The van der Waals surface area contributed by atoms with Crippen LogP contribution in [0.3, 0.4) is 0 Å². The topological polar surface area (TPSA) is 29.5 Å². The summed E-state index contributed by atoms with van der Waals surface area (Å²) in [5, 5.41) is 0.722. The van der Waals surface area contributed by atoms with E-state index in [2.05, 4.69) is 6.92 Å². The van der Waals surface area contributed by atoms with E-state index in [0.29, 0.717) is 0 Å². The first kappa shape index (κ1) is 15.2. The van der Waals surface area contributed by atoms with Crippen molar-refractivity contribution in [3.05, 3.63) is 28.3 Å². The normalized spacial score (nSPS) is 18.7. The molecule has 4 heteroatoms. The zero-order chi connectivity index (χ0) is 15.1. The number of hydrogen-bond donors (Lipinski definition) is 0. The number of anilines is 1. The van der Waals surface area contributed by atoms with Crippen molar-refractivity contribution in [2.45, 2.75) is 59.1 Å². The molecule has 1 aliphatic rings. The summed E-state index contributed by atoms with van der Waals surface area (Å²) in [6.45, 7) is 9.69. The SMILES string of the molecule is Cc1cc(Cl)cc2c1N(C(=O)OC(C)(C)C)[C@@H](C)CC2. The minimum absolute atomic E-state index is 0.136. The summed E-state index contributed by atoms with van der Waals surface area (Å²) in [5.74, 6) is 0. The molecule has 0 saturated carbocycles. The van der Waals surface area contributed by atoms with E-state index in [9.17, 15) is 4.79 Å². The average Bonchev–Trinajstić information content (AvgIpc) is 2.27. The number of aryl methyl sites for hydroxylation is 2. The van der Waals surface area contributed by atoms with Crippen molar-refractivity contribution >= 4 is 23.4 Å². The Balaban J connectivity index is 2.42. The summed E-state index contributed by atoms with van der Waals surface area (Å²) in [6.07, 6.45) is 1.58. The first-order valence-electron chi connectivity index (χ1n) is 7.00. The minimum atomic E-state index is -0.491. The van der Waals surface area contributed by atoms with Gasteiger partial charge in [-0.1, -0.05) is 11.6 Å². The molecule has 0 spiro atoms. The Labute approximate surface area is 125 Å². The predicted octanol–water partition coefficient (Wildman–Crippen LogP) is 4.72. The quantitative estimate of drug-likeness (QED) is 0.693. The van der Waals surface area contributed by atoms with E-state index in [1.54, 1.807) is 4.90 Å². The molecular formula is C16H22ClNO2. The Kier molecular flexibility index (Phi) is 4.01. The van der Waals surface area contributed by atoms with Crippen LogP contribution in [-0.4, -0.2) is 17.7 Å². The molecule has 1 aliphatic heterocycles. The zero-order valence-electron chi connectivity index (χ0n) is 12.8. The van der Waals surface area contributed by atoms with Crippen LogP contribution in [0, 0.1) is 6.92 Å². The van der Waals surface area contributed by atoms with Crippen LogP contribution < -0.4 is 4.90 Å². The van der Waals surface area contributed by atoms with Crippen LogP contribution >= 0.6 is 11.6 Å². The third kappa shape index (κ3) is 3.09. The highest BCUT2D eigenvalue weighted by molar-refractivity contribution is 6.30. The molecule has 110 valence electrons. The molecule has 2 rings (SSSR count). The lowest BCUT2D eigenvalue weighted by atomic mass is 9.94. The molecule has 1 atom stereocenters. The van der Waals surface area contributed by atoms with Crippen molar-refractivity contribution in [2.24, 2.45) is 0 Å². The van der Waals surface area contributed by atoms with Crippen molar-refractivity contribution in [3.8, 4) is 0 Å². The highest BCUT2D eigenvalue weighted by Crippen LogP contribution is 2.36. The standard InChI is InChI=1S/C16H22ClNO2/c1-10-8-13(17)9-12-7-6-11(2)18(14(10)12)15(19)20-16(3,4)5/h8-9,11H,6-7H2,1-5H3/t11-/m0/s1. The lowest BCUT2D eigenvalue weighted by molar-refractivity contribution is 0.0563. The van der Waals surface area contributed by atoms with Gasteiger partial charge in [0.15, 0.2) is 0 Å². The van der Waals surface area contributed by atoms with Gasteiger partial charge in [0, 0.05) is 11.1 Å². The van der Waals surface area contributed by atoms with Crippen LogP contribution in [0.15, 0.2) is 12.1 Å². The van der Waals surface area contributed by atoms with E-state index in [0.717, 1.165) is 34.7 Å². The Morgan fingerprint density at radius 2 is 2.05 bits per heavy atom. The van der Waals surface area contributed by atoms with Gasteiger partial charge in [-0.05, 0) is 70.7 Å². The number of halogens is 1. The third-order valence-electron chi connectivity index (χ3n) is 3.45. The number of amides is 1. The average molecular weight is 296 g/mol. The highest BCUT2D eigenvalue weighted by Gasteiger charge is 2.33. The summed E-state index contributed by atoms with van der Waals surface area (Å²) < 4.78 is 5.54. The smallest absolute Gasteiger partial charge is 0.415 e. The van der Waals surface area contributed by atoms with E-state index in [1.165, 1.54) is 0 Å². The Hall–Kier alpha value is -1.22. The summed E-state index contributed by atoms with van der Waals surface area (Å²) >= 11 is 6.12. The van der Waals surface area contributed by atoms with E-state index in [-0.39, 0.29) is 12.1 Å². The molecule has 1 aromatic carbocycles. The molecule has 0 aromatic heterocycles. The van der Waals surface area contributed by atoms with Gasteiger partial charge in [-0.15, -0.1) is 0 Å². The molecule has 1 heterocycles. The molecule has 0 fully saturated rings. The van der Waals surface area contributed by atoms with E-state index in [4.69, 9.17) is 16.3 Å². The van der Waals surface area contributed by atoms with Gasteiger partial charge in [-0.2, -0.15) is 0 Å². The van der Waals surface area contributed by atoms with Gasteiger partial charge < -0.3 is 4.74 Å². The van der Waals surface area contributed by atoms with Crippen LogP contribution in [0.5, 0.6) is 0 Å². The minimum Gasteiger partial charge on any atom is -0.443 e. The van der Waals surface area contributed by atoms with Crippen molar-refractivity contribution < 1.29 is 9.53 Å². The van der Waals surface area contributed by atoms with Gasteiger partial charge in [0.1, 0.15) is 5.60 Å². The molecule has 1 aromatic rings. The second-order valence-electron chi connectivity index (χ2n) is 6.47. The molecular weight excluding hydrogens is 274 g/mol. The highest BCUT2D eigenvalue weighted by atomic mass is 35.5. The molecule has 0 N–H and O–H groups in total. The Morgan fingerprint density at radius 1 is 1.40 bits per heavy atom. The fourth-order valence-corrected chi connectivity index (χ4v) is 2.93. The first-order chi connectivity index (χ1) is 9.19. The largest absolute Gasteiger partial charge is 0.443 e. The van der Waals surface area contributed by atoms with Crippen molar-refractivity contribution in [1.82, 2.24) is 0 Å².